The minimum atomic E-state index is -0.936. The van der Waals surface area contributed by atoms with E-state index in [1.807, 2.05) is 18.2 Å². The summed E-state index contributed by atoms with van der Waals surface area (Å²) in [5, 5.41) is 18.1. The second-order valence-electron chi connectivity index (χ2n) is 5.68. The van der Waals surface area contributed by atoms with Crippen LogP contribution in [0.4, 0.5) is 0 Å². The lowest BCUT2D eigenvalue weighted by molar-refractivity contribution is -0.131. The van der Waals surface area contributed by atoms with Crippen molar-refractivity contribution in [3.8, 4) is 0 Å². The number of aliphatic carboxylic acids is 1. The standard InChI is InChI=1S/C20H32O3/c1-2-3-16-19(21)17-14-12-10-8-6-4-5-7-9-11-13-15-18-20(22)23/h4-5,7,9,11,13,15,18-19,21H,2-3,6,8,10,12,14,16-17H2,1H3,(H,22,23)/t19-/m1/s1. The number of rotatable bonds is 14. The molecule has 0 aromatic carbocycles. The van der Waals surface area contributed by atoms with E-state index in [0.717, 1.165) is 44.6 Å². The molecule has 0 radical (unpaired) electrons. The molecule has 0 spiro atoms. The number of carboxylic acid groups (broad SMARTS) is 1. The third-order valence-corrected chi connectivity index (χ3v) is 3.48. The van der Waals surface area contributed by atoms with Gasteiger partial charge in [0, 0.05) is 6.08 Å². The predicted molar refractivity (Wildman–Crippen MR) is 97.4 cm³/mol. The minimum Gasteiger partial charge on any atom is -0.478 e. The van der Waals surface area contributed by atoms with Crippen molar-refractivity contribution in [3.05, 3.63) is 48.6 Å². The third-order valence-electron chi connectivity index (χ3n) is 3.48. The molecule has 0 aliphatic heterocycles. The number of aliphatic hydroxyl groups is 1. The van der Waals surface area contributed by atoms with Crippen molar-refractivity contribution in [1.82, 2.24) is 0 Å². The molecule has 3 heteroatoms. The van der Waals surface area contributed by atoms with Gasteiger partial charge in [-0.1, -0.05) is 81.6 Å². The van der Waals surface area contributed by atoms with Crippen LogP contribution < -0.4 is 0 Å². The Morgan fingerprint density at radius 2 is 1.48 bits per heavy atom. The molecule has 130 valence electrons. The average molecular weight is 320 g/mol. The summed E-state index contributed by atoms with van der Waals surface area (Å²) in [6.07, 6.45) is 24.0. The molecule has 0 aliphatic carbocycles. The van der Waals surface area contributed by atoms with Crippen LogP contribution in [-0.2, 0) is 4.79 Å². The average Bonchev–Trinajstić information content (AvgIpc) is 2.52. The van der Waals surface area contributed by atoms with Crippen LogP contribution in [0.1, 0.15) is 64.7 Å². The van der Waals surface area contributed by atoms with Gasteiger partial charge >= 0.3 is 5.97 Å². The summed E-state index contributed by atoms with van der Waals surface area (Å²) in [7, 11) is 0. The quantitative estimate of drug-likeness (QED) is 0.263. The highest BCUT2D eigenvalue weighted by molar-refractivity contribution is 5.80. The SMILES string of the molecule is CCCC[C@@H](O)CCCCCCC=CC=CC=CC=CC(=O)O. The van der Waals surface area contributed by atoms with Gasteiger partial charge in [0.1, 0.15) is 0 Å². The molecule has 0 fully saturated rings. The Morgan fingerprint density at radius 3 is 2.17 bits per heavy atom. The van der Waals surface area contributed by atoms with Crippen molar-refractivity contribution in [2.24, 2.45) is 0 Å². The fourth-order valence-corrected chi connectivity index (χ4v) is 2.15. The number of hydrogen-bond donors (Lipinski definition) is 2. The van der Waals surface area contributed by atoms with Crippen molar-refractivity contribution >= 4 is 5.97 Å². The van der Waals surface area contributed by atoms with Gasteiger partial charge in [-0.3, -0.25) is 0 Å². The topological polar surface area (TPSA) is 57.5 Å². The summed E-state index contributed by atoms with van der Waals surface area (Å²) in [6.45, 7) is 2.15. The van der Waals surface area contributed by atoms with E-state index in [9.17, 15) is 9.90 Å². The first-order valence-electron chi connectivity index (χ1n) is 8.74. The van der Waals surface area contributed by atoms with E-state index in [2.05, 4.69) is 13.0 Å². The van der Waals surface area contributed by atoms with Gasteiger partial charge in [0.15, 0.2) is 0 Å². The number of hydrogen-bond acceptors (Lipinski definition) is 2. The van der Waals surface area contributed by atoms with E-state index in [4.69, 9.17) is 5.11 Å². The highest BCUT2D eigenvalue weighted by Crippen LogP contribution is 2.11. The Bertz CT molecular complexity index is 392. The van der Waals surface area contributed by atoms with Crippen LogP contribution >= 0.6 is 0 Å². The number of carbonyl (C=O) groups is 1. The number of aliphatic hydroxyl groups excluding tert-OH is 1. The molecule has 1 atom stereocenters. The maximum Gasteiger partial charge on any atom is 0.328 e. The molecule has 0 amide bonds. The molecule has 0 aromatic heterocycles. The van der Waals surface area contributed by atoms with Gasteiger partial charge in [0.2, 0.25) is 0 Å². The van der Waals surface area contributed by atoms with E-state index in [1.165, 1.54) is 25.3 Å². The monoisotopic (exact) mass is 320 g/mol. The van der Waals surface area contributed by atoms with Crippen molar-refractivity contribution in [1.29, 1.82) is 0 Å². The van der Waals surface area contributed by atoms with Gasteiger partial charge in [-0.15, -0.1) is 0 Å². The Balaban J connectivity index is 3.45. The van der Waals surface area contributed by atoms with Crippen LogP contribution in [0.3, 0.4) is 0 Å². The van der Waals surface area contributed by atoms with Crippen LogP contribution in [0.2, 0.25) is 0 Å². The summed E-state index contributed by atoms with van der Waals surface area (Å²) in [6, 6.07) is 0. The molecule has 0 aromatic rings. The minimum absolute atomic E-state index is 0.0987. The van der Waals surface area contributed by atoms with E-state index in [1.54, 1.807) is 12.2 Å². The second-order valence-corrected chi connectivity index (χ2v) is 5.68. The van der Waals surface area contributed by atoms with Crippen LogP contribution in [0.25, 0.3) is 0 Å². The molecule has 2 N–H and O–H groups in total. The Morgan fingerprint density at radius 1 is 0.870 bits per heavy atom. The van der Waals surface area contributed by atoms with Gasteiger partial charge in [-0.05, 0) is 25.7 Å². The lowest BCUT2D eigenvalue weighted by Crippen LogP contribution is -2.05. The van der Waals surface area contributed by atoms with Crippen molar-refractivity contribution in [3.63, 3.8) is 0 Å². The molecular weight excluding hydrogens is 288 g/mol. The maximum absolute atomic E-state index is 10.2. The highest BCUT2D eigenvalue weighted by atomic mass is 16.4. The molecule has 0 heterocycles. The van der Waals surface area contributed by atoms with Crippen LogP contribution in [0, 0.1) is 0 Å². The number of unbranched alkanes of at least 4 members (excludes halogenated alkanes) is 5. The zero-order valence-corrected chi connectivity index (χ0v) is 14.4. The largest absolute Gasteiger partial charge is 0.478 e. The Hall–Kier alpha value is -1.61. The van der Waals surface area contributed by atoms with Gasteiger partial charge in [-0.2, -0.15) is 0 Å². The lowest BCUT2D eigenvalue weighted by atomic mass is 10.0. The van der Waals surface area contributed by atoms with Crippen molar-refractivity contribution in [2.75, 3.05) is 0 Å². The maximum atomic E-state index is 10.2. The smallest absolute Gasteiger partial charge is 0.328 e. The predicted octanol–water partition coefficient (Wildman–Crippen LogP) is 5.19. The van der Waals surface area contributed by atoms with Crippen molar-refractivity contribution in [2.45, 2.75) is 70.8 Å². The molecular formula is C20H32O3. The molecule has 0 unspecified atom stereocenters. The first-order valence-corrected chi connectivity index (χ1v) is 8.74. The Kier molecular flexibility index (Phi) is 15.6. The molecule has 0 saturated heterocycles. The first-order chi connectivity index (χ1) is 11.2. The third kappa shape index (κ3) is 18.3. The number of carboxylic acids is 1. The van der Waals surface area contributed by atoms with Crippen molar-refractivity contribution < 1.29 is 15.0 Å². The molecule has 3 nitrogen and oxygen atoms in total. The molecule has 0 saturated carbocycles. The summed E-state index contributed by atoms with van der Waals surface area (Å²) in [4.78, 5) is 10.2. The summed E-state index contributed by atoms with van der Waals surface area (Å²) in [5.41, 5.74) is 0. The first kappa shape index (κ1) is 21.4. The zero-order valence-electron chi connectivity index (χ0n) is 14.4. The molecule has 0 aliphatic rings. The second kappa shape index (κ2) is 16.8. The van der Waals surface area contributed by atoms with E-state index < -0.39 is 5.97 Å². The van der Waals surface area contributed by atoms with Gasteiger partial charge in [0.25, 0.3) is 0 Å². The van der Waals surface area contributed by atoms with E-state index in [0.29, 0.717) is 0 Å². The fourth-order valence-electron chi connectivity index (χ4n) is 2.15. The molecule has 0 bridgehead atoms. The van der Waals surface area contributed by atoms with Crippen LogP contribution in [0.5, 0.6) is 0 Å². The highest BCUT2D eigenvalue weighted by Gasteiger charge is 2.02. The van der Waals surface area contributed by atoms with E-state index >= 15 is 0 Å². The van der Waals surface area contributed by atoms with E-state index in [-0.39, 0.29) is 6.10 Å². The summed E-state index contributed by atoms with van der Waals surface area (Å²) < 4.78 is 0. The van der Waals surface area contributed by atoms with Crippen LogP contribution in [-0.4, -0.2) is 22.3 Å². The van der Waals surface area contributed by atoms with Gasteiger partial charge < -0.3 is 10.2 Å². The molecule has 0 rings (SSSR count). The zero-order chi connectivity index (χ0) is 17.2. The lowest BCUT2D eigenvalue weighted by Gasteiger charge is -2.08. The van der Waals surface area contributed by atoms with Crippen LogP contribution in [0.15, 0.2) is 48.6 Å². The molecule has 23 heavy (non-hydrogen) atoms. The summed E-state index contributed by atoms with van der Waals surface area (Å²) in [5.74, 6) is -0.936. The summed E-state index contributed by atoms with van der Waals surface area (Å²) >= 11 is 0. The number of allylic oxidation sites excluding steroid dienone is 7. The fraction of sp³-hybridized carbons (Fsp3) is 0.550. The van der Waals surface area contributed by atoms with Gasteiger partial charge in [-0.25, -0.2) is 4.79 Å². The Labute approximate surface area is 141 Å². The van der Waals surface area contributed by atoms with Gasteiger partial charge in [0.05, 0.1) is 6.10 Å². The normalized spacial score (nSPS) is 13.8.